The van der Waals surface area contributed by atoms with Crippen LogP contribution in [-0.4, -0.2) is 24.5 Å². The van der Waals surface area contributed by atoms with E-state index in [0.29, 0.717) is 5.41 Å². The van der Waals surface area contributed by atoms with Gasteiger partial charge >= 0.3 is 0 Å². The molecule has 1 saturated heterocycles. The van der Waals surface area contributed by atoms with E-state index in [-0.39, 0.29) is 5.41 Å². The van der Waals surface area contributed by atoms with Crippen LogP contribution in [0.3, 0.4) is 0 Å². The average Bonchev–Trinajstić information content (AvgIpc) is 2.51. The van der Waals surface area contributed by atoms with Gasteiger partial charge in [-0.25, -0.2) is 0 Å². The van der Waals surface area contributed by atoms with Gasteiger partial charge < -0.3 is 4.90 Å². The first kappa shape index (κ1) is 15.5. The van der Waals surface area contributed by atoms with Crippen LogP contribution >= 0.6 is 0 Å². The summed E-state index contributed by atoms with van der Waals surface area (Å²) in [4.78, 5) is 2.56. The van der Waals surface area contributed by atoms with Gasteiger partial charge in [0.25, 0.3) is 0 Å². The van der Waals surface area contributed by atoms with Gasteiger partial charge in [-0.3, -0.25) is 0 Å². The van der Waals surface area contributed by atoms with E-state index in [4.69, 9.17) is 5.26 Å². The van der Waals surface area contributed by atoms with Crippen LogP contribution in [0.1, 0.15) is 60.3 Å². The fraction of sp³-hybridized carbons (Fsp3) is 0.938. The molecule has 0 bridgehead atoms. The lowest BCUT2D eigenvalue weighted by atomic mass is 9.77. The van der Waals surface area contributed by atoms with Crippen LogP contribution in [0.4, 0.5) is 0 Å². The highest BCUT2D eigenvalue weighted by Crippen LogP contribution is 2.34. The molecule has 1 fully saturated rings. The first-order valence-electron chi connectivity index (χ1n) is 7.38. The molecule has 1 unspecified atom stereocenters. The predicted octanol–water partition coefficient (Wildman–Crippen LogP) is 4.07. The van der Waals surface area contributed by atoms with Crippen molar-refractivity contribution >= 4 is 0 Å². The summed E-state index contributed by atoms with van der Waals surface area (Å²) in [6, 6.07) is 2.40. The van der Waals surface area contributed by atoms with Crippen LogP contribution in [0.5, 0.6) is 0 Å². The lowest BCUT2D eigenvalue weighted by Gasteiger charge is -2.30. The highest BCUT2D eigenvalue weighted by molar-refractivity contribution is 4.92. The summed E-state index contributed by atoms with van der Waals surface area (Å²) in [6.07, 6.45) is 4.98. The van der Waals surface area contributed by atoms with Crippen LogP contribution in [0.2, 0.25) is 0 Å². The van der Waals surface area contributed by atoms with E-state index >= 15 is 0 Å². The molecule has 0 aromatic carbocycles. The van der Waals surface area contributed by atoms with E-state index in [1.165, 1.54) is 32.4 Å². The minimum atomic E-state index is -0.171. The summed E-state index contributed by atoms with van der Waals surface area (Å²) in [6.45, 7) is 14.7. The quantitative estimate of drug-likeness (QED) is 0.755. The van der Waals surface area contributed by atoms with Crippen molar-refractivity contribution in [2.75, 3.05) is 19.6 Å². The van der Waals surface area contributed by atoms with Crippen LogP contribution in [-0.2, 0) is 0 Å². The van der Waals surface area contributed by atoms with Crippen molar-refractivity contribution in [3.63, 3.8) is 0 Å². The third-order valence-electron chi connectivity index (χ3n) is 4.40. The predicted molar refractivity (Wildman–Crippen MR) is 77.2 cm³/mol. The van der Waals surface area contributed by atoms with Crippen molar-refractivity contribution in [2.24, 2.45) is 16.7 Å². The van der Waals surface area contributed by atoms with Gasteiger partial charge in [-0.15, -0.1) is 0 Å². The van der Waals surface area contributed by atoms with Crippen molar-refractivity contribution < 1.29 is 0 Å². The third-order valence-corrected chi connectivity index (χ3v) is 4.40. The van der Waals surface area contributed by atoms with E-state index in [1.54, 1.807) is 0 Å². The molecule has 1 aliphatic rings. The van der Waals surface area contributed by atoms with Gasteiger partial charge in [-0.05, 0) is 70.5 Å². The second-order valence-corrected chi connectivity index (χ2v) is 7.58. The zero-order chi connectivity index (χ0) is 13.8. The summed E-state index contributed by atoms with van der Waals surface area (Å²) >= 11 is 0. The molecule has 0 aromatic heterocycles. The summed E-state index contributed by atoms with van der Waals surface area (Å²) in [5.74, 6) is 0.853. The number of nitriles is 1. The zero-order valence-electron chi connectivity index (χ0n) is 12.9. The van der Waals surface area contributed by atoms with Gasteiger partial charge in [0.1, 0.15) is 0 Å². The average molecular weight is 250 g/mol. The first-order valence-corrected chi connectivity index (χ1v) is 7.38. The third kappa shape index (κ3) is 4.98. The summed E-state index contributed by atoms with van der Waals surface area (Å²) in [5, 5.41) is 9.06. The van der Waals surface area contributed by atoms with Crippen LogP contribution in [0, 0.1) is 28.1 Å². The van der Waals surface area contributed by atoms with Gasteiger partial charge in [0.05, 0.1) is 11.5 Å². The maximum atomic E-state index is 9.06. The fourth-order valence-corrected chi connectivity index (χ4v) is 2.74. The van der Waals surface area contributed by atoms with Crippen molar-refractivity contribution in [2.45, 2.75) is 60.3 Å². The molecule has 1 atom stereocenters. The molecular formula is C16H30N2. The Balaban J connectivity index is 2.41. The topological polar surface area (TPSA) is 27.0 Å². The van der Waals surface area contributed by atoms with Crippen LogP contribution < -0.4 is 0 Å². The van der Waals surface area contributed by atoms with Crippen molar-refractivity contribution in [3.8, 4) is 6.07 Å². The molecular weight excluding hydrogens is 220 g/mol. The molecule has 0 N–H and O–H groups in total. The maximum absolute atomic E-state index is 9.06. The van der Waals surface area contributed by atoms with Gasteiger partial charge in [0, 0.05) is 0 Å². The Hall–Kier alpha value is -0.550. The molecule has 1 rings (SSSR count). The second kappa shape index (κ2) is 6.06. The molecule has 0 aromatic rings. The van der Waals surface area contributed by atoms with E-state index in [0.717, 1.165) is 18.9 Å². The van der Waals surface area contributed by atoms with Gasteiger partial charge in [0.2, 0.25) is 0 Å². The Morgan fingerprint density at radius 3 is 2.33 bits per heavy atom. The number of likely N-dealkylation sites (tertiary alicyclic amines) is 1. The first-order chi connectivity index (χ1) is 8.24. The largest absolute Gasteiger partial charge is 0.303 e. The standard InChI is InChI=1S/C16H30N2/c1-15(2,3)14-7-6-10-18(11-8-14)12-9-16(4,5)13-17/h14H,6-12H2,1-5H3. The highest BCUT2D eigenvalue weighted by Gasteiger charge is 2.27. The van der Waals surface area contributed by atoms with E-state index in [2.05, 4.69) is 31.7 Å². The molecule has 0 amide bonds. The molecule has 1 heterocycles. The molecule has 0 radical (unpaired) electrons. The van der Waals surface area contributed by atoms with Gasteiger partial charge in [-0.1, -0.05) is 20.8 Å². The Labute approximate surface area is 113 Å². The Kier molecular flexibility index (Phi) is 5.22. The van der Waals surface area contributed by atoms with Gasteiger partial charge in [0.15, 0.2) is 0 Å². The van der Waals surface area contributed by atoms with Crippen molar-refractivity contribution in [1.29, 1.82) is 5.26 Å². The number of hydrogen-bond acceptors (Lipinski definition) is 2. The minimum Gasteiger partial charge on any atom is -0.303 e. The summed E-state index contributed by atoms with van der Waals surface area (Å²) in [7, 11) is 0. The molecule has 1 aliphatic heterocycles. The van der Waals surface area contributed by atoms with Crippen LogP contribution in [0.15, 0.2) is 0 Å². The Morgan fingerprint density at radius 1 is 1.11 bits per heavy atom. The van der Waals surface area contributed by atoms with Gasteiger partial charge in [-0.2, -0.15) is 5.26 Å². The maximum Gasteiger partial charge on any atom is 0.0684 e. The number of hydrogen-bond donors (Lipinski definition) is 0. The second-order valence-electron chi connectivity index (χ2n) is 7.58. The Morgan fingerprint density at radius 2 is 1.78 bits per heavy atom. The smallest absolute Gasteiger partial charge is 0.0684 e. The highest BCUT2D eigenvalue weighted by atomic mass is 15.1. The zero-order valence-corrected chi connectivity index (χ0v) is 12.9. The van der Waals surface area contributed by atoms with Crippen LogP contribution in [0.25, 0.3) is 0 Å². The summed E-state index contributed by atoms with van der Waals surface area (Å²) < 4.78 is 0. The van der Waals surface area contributed by atoms with Crippen molar-refractivity contribution in [3.05, 3.63) is 0 Å². The Bertz CT molecular complexity index is 293. The number of rotatable bonds is 3. The minimum absolute atomic E-state index is 0.171. The molecule has 2 heteroatoms. The lowest BCUT2D eigenvalue weighted by Crippen LogP contribution is -2.29. The molecule has 104 valence electrons. The summed E-state index contributed by atoms with van der Waals surface area (Å²) in [5.41, 5.74) is 0.275. The lowest BCUT2D eigenvalue weighted by molar-refractivity contribution is 0.203. The normalized spacial score (nSPS) is 23.4. The van der Waals surface area contributed by atoms with E-state index in [9.17, 15) is 0 Å². The SMILES string of the molecule is CC(C)(C#N)CCN1CCCC(C(C)(C)C)CC1. The van der Waals surface area contributed by atoms with E-state index < -0.39 is 0 Å². The molecule has 2 nitrogen and oxygen atoms in total. The molecule has 0 aliphatic carbocycles. The monoisotopic (exact) mass is 250 g/mol. The molecule has 0 spiro atoms. The number of nitrogens with zero attached hydrogens (tertiary/aromatic N) is 2. The molecule has 0 saturated carbocycles. The van der Waals surface area contributed by atoms with Crippen molar-refractivity contribution in [1.82, 2.24) is 4.90 Å². The molecule has 18 heavy (non-hydrogen) atoms. The van der Waals surface area contributed by atoms with E-state index in [1.807, 2.05) is 13.8 Å². The fourth-order valence-electron chi connectivity index (χ4n) is 2.74.